The van der Waals surface area contributed by atoms with Crippen molar-refractivity contribution in [3.8, 4) is 0 Å². The van der Waals surface area contributed by atoms with E-state index >= 15 is 0 Å². The number of nitrogens with zero attached hydrogens (tertiary/aromatic N) is 2. The molecule has 2 heterocycles. The predicted octanol–water partition coefficient (Wildman–Crippen LogP) is 2.96. The van der Waals surface area contributed by atoms with Gasteiger partial charge in [-0.3, -0.25) is 10.1 Å². The summed E-state index contributed by atoms with van der Waals surface area (Å²) >= 11 is 0. The summed E-state index contributed by atoms with van der Waals surface area (Å²) in [6.45, 7) is 3.62. The fourth-order valence-corrected chi connectivity index (χ4v) is 2.67. The molecule has 1 unspecified atom stereocenters. The van der Waals surface area contributed by atoms with Crippen molar-refractivity contribution in [2.45, 2.75) is 25.8 Å². The number of anilines is 1. The standard InChI is InChI=1S/C14H17N3O4/c1-9(10-5-7-20-8-6-10)15-14-16-13-11(17(18)19)3-2-4-12(13)21-14/h2-4,9-10H,5-8H2,1H3,(H,15,16). The minimum atomic E-state index is -0.448. The molecular formula is C14H17N3O4. The largest absolute Gasteiger partial charge is 0.423 e. The molecule has 0 saturated carbocycles. The number of non-ortho nitro benzene ring substituents is 1. The van der Waals surface area contributed by atoms with Gasteiger partial charge in [-0.05, 0) is 31.7 Å². The van der Waals surface area contributed by atoms with Crippen molar-refractivity contribution >= 4 is 22.8 Å². The molecule has 7 heteroatoms. The fraction of sp³-hybridized carbons (Fsp3) is 0.500. The highest BCUT2D eigenvalue weighted by Gasteiger charge is 2.23. The van der Waals surface area contributed by atoms with E-state index < -0.39 is 4.92 Å². The summed E-state index contributed by atoms with van der Waals surface area (Å²) < 4.78 is 10.9. The Bertz CT molecular complexity index is 649. The number of hydrogen-bond acceptors (Lipinski definition) is 6. The van der Waals surface area contributed by atoms with Gasteiger partial charge in [0.15, 0.2) is 11.1 Å². The molecule has 1 aliphatic heterocycles. The van der Waals surface area contributed by atoms with E-state index in [2.05, 4.69) is 17.2 Å². The molecule has 1 saturated heterocycles. The number of oxazole rings is 1. The summed E-state index contributed by atoms with van der Waals surface area (Å²) in [4.78, 5) is 14.8. The number of ether oxygens (including phenoxy) is 1. The maximum Gasteiger partial charge on any atom is 0.298 e. The molecule has 1 aromatic heterocycles. The smallest absolute Gasteiger partial charge is 0.298 e. The Balaban J connectivity index is 1.81. The second-order valence-corrected chi connectivity index (χ2v) is 5.28. The Morgan fingerprint density at radius 2 is 2.19 bits per heavy atom. The van der Waals surface area contributed by atoms with Crippen LogP contribution in [0.3, 0.4) is 0 Å². The van der Waals surface area contributed by atoms with Gasteiger partial charge in [0.1, 0.15) is 0 Å². The molecule has 1 aromatic carbocycles. The lowest BCUT2D eigenvalue weighted by Crippen LogP contribution is -2.31. The Morgan fingerprint density at radius 1 is 1.43 bits per heavy atom. The van der Waals surface area contributed by atoms with Crippen molar-refractivity contribution in [3.05, 3.63) is 28.3 Å². The molecule has 21 heavy (non-hydrogen) atoms. The van der Waals surface area contributed by atoms with E-state index in [-0.39, 0.29) is 17.2 Å². The Hall–Kier alpha value is -2.15. The van der Waals surface area contributed by atoms with Crippen LogP contribution in [0.4, 0.5) is 11.7 Å². The van der Waals surface area contributed by atoms with Crippen LogP contribution in [-0.4, -0.2) is 29.2 Å². The number of fused-ring (bicyclic) bond motifs is 1. The van der Waals surface area contributed by atoms with Crippen LogP contribution in [0.1, 0.15) is 19.8 Å². The first kappa shape index (κ1) is 13.8. The minimum Gasteiger partial charge on any atom is -0.423 e. The molecule has 1 fully saturated rings. The van der Waals surface area contributed by atoms with E-state index in [1.54, 1.807) is 12.1 Å². The number of rotatable bonds is 4. The second-order valence-electron chi connectivity index (χ2n) is 5.28. The van der Waals surface area contributed by atoms with Crippen LogP contribution in [0.15, 0.2) is 22.6 Å². The van der Waals surface area contributed by atoms with Crippen LogP contribution in [-0.2, 0) is 4.74 Å². The summed E-state index contributed by atoms with van der Waals surface area (Å²) in [5.74, 6) is 0.490. The lowest BCUT2D eigenvalue weighted by Gasteiger charge is -2.27. The lowest BCUT2D eigenvalue weighted by atomic mass is 9.93. The number of nitrogens with one attached hydrogen (secondary N) is 1. The average molecular weight is 291 g/mol. The van der Waals surface area contributed by atoms with E-state index in [0.717, 1.165) is 26.1 Å². The first-order chi connectivity index (χ1) is 10.1. The summed E-state index contributed by atoms with van der Waals surface area (Å²) in [7, 11) is 0. The van der Waals surface area contributed by atoms with Crippen LogP contribution < -0.4 is 5.32 Å². The predicted molar refractivity (Wildman–Crippen MR) is 77.3 cm³/mol. The van der Waals surface area contributed by atoms with Crippen LogP contribution in [0.5, 0.6) is 0 Å². The van der Waals surface area contributed by atoms with Gasteiger partial charge in [0.05, 0.1) is 4.92 Å². The molecule has 0 amide bonds. The van der Waals surface area contributed by atoms with E-state index in [1.807, 2.05) is 0 Å². The van der Waals surface area contributed by atoms with Crippen LogP contribution in [0.2, 0.25) is 0 Å². The highest BCUT2D eigenvalue weighted by Crippen LogP contribution is 2.28. The van der Waals surface area contributed by atoms with E-state index in [4.69, 9.17) is 9.15 Å². The molecular weight excluding hydrogens is 274 g/mol. The number of hydrogen-bond donors (Lipinski definition) is 1. The molecule has 1 N–H and O–H groups in total. The number of para-hydroxylation sites is 1. The molecule has 112 valence electrons. The van der Waals surface area contributed by atoms with Crippen LogP contribution >= 0.6 is 0 Å². The zero-order valence-electron chi connectivity index (χ0n) is 11.7. The van der Waals surface area contributed by atoms with Crippen molar-refractivity contribution in [1.29, 1.82) is 0 Å². The van der Waals surface area contributed by atoms with Gasteiger partial charge in [-0.25, -0.2) is 0 Å². The van der Waals surface area contributed by atoms with Crippen molar-refractivity contribution in [3.63, 3.8) is 0 Å². The average Bonchev–Trinajstić information content (AvgIpc) is 2.89. The van der Waals surface area contributed by atoms with E-state index in [0.29, 0.717) is 17.5 Å². The molecule has 7 nitrogen and oxygen atoms in total. The number of nitro groups is 1. The maximum absolute atomic E-state index is 11.0. The first-order valence-electron chi connectivity index (χ1n) is 7.03. The molecule has 1 aliphatic rings. The number of nitro benzene ring substituents is 1. The SMILES string of the molecule is CC(Nc1nc2c([N+](=O)[O-])cccc2o1)C1CCOCC1. The van der Waals surface area contributed by atoms with Gasteiger partial charge in [0.2, 0.25) is 0 Å². The molecule has 0 bridgehead atoms. The van der Waals surface area contributed by atoms with Crippen LogP contribution in [0.25, 0.3) is 11.1 Å². The third-order valence-electron chi connectivity index (χ3n) is 3.92. The molecule has 0 spiro atoms. The van der Waals surface area contributed by atoms with Crippen molar-refractivity contribution in [1.82, 2.24) is 4.98 Å². The van der Waals surface area contributed by atoms with Gasteiger partial charge in [-0.1, -0.05) is 6.07 Å². The van der Waals surface area contributed by atoms with Gasteiger partial charge < -0.3 is 14.5 Å². The maximum atomic E-state index is 11.0. The first-order valence-corrected chi connectivity index (χ1v) is 7.03. The number of benzene rings is 1. The summed E-state index contributed by atoms with van der Waals surface area (Å²) in [6, 6.07) is 5.22. The van der Waals surface area contributed by atoms with Crippen molar-refractivity contribution in [2.75, 3.05) is 18.5 Å². The Labute approximate surface area is 121 Å². The van der Waals surface area contributed by atoms with Crippen LogP contribution in [0, 0.1) is 16.0 Å². The zero-order valence-corrected chi connectivity index (χ0v) is 11.7. The van der Waals surface area contributed by atoms with Gasteiger partial charge in [0.25, 0.3) is 11.7 Å². The zero-order chi connectivity index (χ0) is 14.8. The van der Waals surface area contributed by atoms with E-state index in [9.17, 15) is 10.1 Å². The topological polar surface area (TPSA) is 90.4 Å². The van der Waals surface area contributed by atoms with Gasteiger partial charge in [-0.15, -0.1) is 0 Å². The molecule has 1 atom stereocenters. The third-order valence-corrected chi connectivity index (χ3v) is 3.92. The number of aromatic nitrogens is 1. The van der Waals surface area contributed by atoms with E-state index in [1.165, 1.54) is 6.07 Å². The molecule has 0 aliphatic carbocycles. The minimum absolute atomic E-state index is 0.0389. The van der Waals surface area contributed by atoms with Gasteiger partial charge >= 0.3 is 0 Å². The molecule has 3 rings (SSSR count). The monoisotopic (exact) mass is 291 g/mol. The fourth-order valence-electron chi connectivity index (χ4n) is 2.67. The van der Waals surface area contributed by atoms with Gasteiger partial charge in [-0.2, -0.15) is 4.98 Å². The normalized spacial score (nSPS) is 17.8. The third kappa shape index (κ3) is 2.82. The highest BCUT2D eigenvalue weighted by atomic mass is 16.6. The summed E-state index contributed by atoms with van der Waals surface area (Å²) in [5, 5.41) is 14.2. The summed E-state index contributed by atoms with van der Waals surface area (Å²) in [6.07, 6.45) is 1.99. The Morgan fingerprint density at radius 3 is 2.90 bits per heavy atom. The molecule has 2 aromatic rings. The van der Waals surface area contributed by atoms with Crippen molar-refractivity contribution < 1.29 is 14.1 Å². The Kier molecular flexibility index (Phi) is 3.74. The quantitative estimate of drug-likeness (QED) is 0.688. The highest BCUT2D eigenvalue weighted by molar-refractivity contribution is 5.84. The van der Waals surface area contributed by atoms with Crippen molar-refractivity contribution in [2.24, 2.45) is 5.92 Å². The lowest BCUT2D eigenvalue weighted by molar-refractivity contribution is -0.383. The summed E-state index contributed by atoms with van der Waals surface area (Å²) in [5.41, 5.74) is 0.665. The molecule has 0 radical (unpaired) electrons. The van der Waals surface area contributed by atoms with Gasteiger partial charge in [0, 0.05) is 25.3 Å². The second kappa shape index (κ2) is 5.69.